The number of alkyl halides is 6. The third-order valence-electron chi connectivity index (χ3n) is 9.24. The van der Waals surface area contributed by atoms with Gasteiger partial charge in [0.05, 0.1) is 82.6 Å². The van der Waals surface area contributed by atoms with Crippen molar-refractivity contribution < 1.29 is 73.2 Å². The Morgan fingerprint density at radius 3 is 1.23 bits per heavy atom. The third kappa shape index (κ3) is 14.9. The summed E-state index contributed by atoms with van der Waals surface area (Å²) in [4.78, 5) is 69.0. The molecule has 30 heteroatoms. The quantitative estimate of drug-likeness (QED) is 0.0595. The second kappa shape index (κ2) is 23.8. The molecule has 4 aromatic heterocycles. The van der Waals surface area contributed by atoms with Crippen LogP contribution in [-0.2, 0) is 21.8 Å². The van der Waals surface area contributed by atoms with Gasteiger partial charge >= 0.3 is 36.6 Å². The van der Waals surface area contributed by atoms with Gasteiger partial charge in [0, 0.05) is 24.3 Å². The van der Waals surface area contributed by atoms with Crippen molar-refractivity contribution in [3.63, 3.8) is 0 Å². The lowest BCUT2D eigenvalue weighted by Crippen LogP contribution is -2.20. The number of hydrogen-bond donors (Lipinski definition) is 8. The van der Waals surface area contributed by atoms with Gasteiger partial charge < -0.3 is 50.2 Å². The molecule has 8 N–H and O–H groups in total. The van der Waals surface area contributed by atoms with E-state index in [9.17, 15) is 54.3 Å². The predicted molar refractivity (Wildman–Crippen MR) is 255 cm³/mol. The van der Waals surface area contributed by atoms with Crippen molar-refractivity contribution in [3.8, 4) is 23.3 Å². The normalized spacial score (nSPS) is 10.8. The number of fused-ring (bicyclic) bond motifs is 2. The molecule has 4 heterocycles. The monoisotopic (exact) mass is 1080 g/mol. The first kappa shape index (κ1) is 55.7. The Balaban J connectivity index is 0.000000267. The number of benzene rings is 4. The number of halogens is 10. The van der Waals surface area contributed by atoms with E-state index in [0.29, 0.717) is 70.0 Å². The molecule has 20 nitrogen and oxygen atoms in total. The summed E-state index contributed by atoms with van der Waals surface area (Å²) in [6.45, 7) is 0. The van der Waals surface area contributed by atoms with Gasteiger partial charge in [-0.25, -0.2) is 47.9 Å². The molecule has 0 radical (unpaired) electrons. The van der Waals surface area contributed by atoms with Crippen LogP contribution in [-0.4, -0.2) is 68.4 Å². The van der Waals surface area contributed by atoms with E-state index >= 15 is 0 Å². The molecule has 74 heavy (non-hydrogen) atoms. The minimum absolute atomic E-state index is 0. The molecule has 0 aliphatic rings. The lowest BCUT2D eigenvalue weighted by molar-refractivity contribution is -0.138. The number of H-pyrrole nitrogens is 2. The molecule has 0 aliphatic heterocycles. The van der Waals surface area contributed by atoms with Gasteiger partial charge in [-0.3, -0.25) is 10.6 Å². The lowest BCUT2D eigenvalue weighted by atomic mass is 10.2. The number of imidazole rings is 2. The maximum atomic E-state index is 13.8. The zero-order valence-electron chi connectivity index (χ0n) is 37.3. The summed E-state index contributed by atoms with van der Waals surface area (Å²) in [6, 6.07) is 16.9. The maximum Gasteiger partial charge on any atom is 0.416 e. The highest BCUT2D eigenvalue weighted by Gasteiger charge is 2.32. The first-order valence-electron chi connectivity index (χ1n) is 20.1. The number of urea groups is 2. The van der Waals surface area contributed by atoms with E-state index in [0.717, 1.165) is 0 Å². The van der Waals surface area contributed by atoms with E-state index in [1.165, 1.54) is 50.9 Å². The third-order valence-corrected chi connectivity index (χ3v) is 9.24. The number of methoxy groups -OCH3 is 2. The Morgan fingerprint density at radius 1 is 0.500 bits per heavy atom. The van der Waals surface area contributed by atoms with Crippen LogP contribution in [0, 0.1) is 11.6 Å². The summed E-state index contributed by atoms with van der Waals surface area (Å²) in [5.74, 6) is -0.571. The van der Waals surface area contributed by atoms with Crippen LogP contribution in [0.2, 0.25) is 0 Å². The van der Waals surface area contributed by atoms with Crippen LogP contribution in [0.5, 0.6) is 23.3 Å². The average Bonchev–Trinajstić information content (AvgIpc) is 3.93. The van der Waals surface area contributed by atoms with Crippen LogP contribution in [0.1, 0.15) is 11.1 Å². The van der Waals surface area contributed by atoms with Gasteiger partial charge in [-0.2, -0.15) is 26.3 Å². The Labute approximate surface area is 421 Å². The van der Waals surface area contributed by atoms with Crippen LogP contribution in [0.25, 0.3) is 22.1 Å². The number of hydrogen-bond acceptors (Lipinski definition) is 12. The number of ether oxygens (including phenoxy) is 4. The predicted octanol–water partition coefficient (Wildman–Crippen LogP) is 12.3. The summed E-state index contributed by atoms with van der Waals surface area (Å²) in [5.41, 5.74) is -0.869. The molecule has 4 aromatic carbocycles. The number of anilines is 6. The van der Waals surface area contributed by atoms with E-state index < -0.39 is 70.7 Å². The van der Waals surface area contributed by atoms with Crippen molar-refractivity contribution in [1.82, 2.24) is 29.9 Å². The molecule has 8 rings (SSSR count). The zero-order chi connectivity index (χ0) is 51.7. The SMILES string of the molecule is COC(=O)Nc1nc2ccc(Oc3ccc(NC(=O)Nc4cc(C(F)(F)F)ccc4F)cn3)cc2[nH]1.COC(=O)Nc1nc2ccc(Oc3ccc(NC(=O)Nc4cc(C(F)(F)F)ccc4F)cn3)cc2[nH]1.Cl.Cl. The zero-order valence-corrected chi connectivity index (χ0v) is 38.9. The molecule has 0 bridgehead atoms. The van der Waals surface area contributed by atoms with Gasteiger partial charge in [-0.1, -0.05) is 0 Å². The first-order valence-corrected chi connectivity index (χ1v) is 20.1. The van der Waals surface area contributed by atoms with Crippen LogP contribution in [0.3, 0.4) is 0 Å². The fourth-order valence-corrected chi connectivity index (χ4v) is 5.95. The minimum atomic E-state index is -4.69. The number of rotatable bonds is 10. The Morgan fingerprint density at radius 2 is 0.892 bits per heavy atom. The Hall–Kier alpha value is -9.18. The number of carbonyl (C=O) groups is 4. The van der Waals surface area contributed by atoms with Crippen molar-refractivity contribution in [1.29, 1.82) is 0 Å². The highest BCUT2D eigenvalue weighted by atomic mass is 35.5. The van der Waals surface area contributed by atoms with E-state index in [4.69, 9.17) is 9.47 Å². The van der Waals surface area contributed by atoms with Gasteiger partial charge in [-0.15, -0.1) is 24.8 Å². The van der Waals surface area contributed by atoms with E-state index in [1.807, 2.05) is 10.6 Å². The average molecular weight is 1080 g/mol. The van der Waals surface area contributed by atoms with Crippen molar-refractivity contribution in [3.05, 3.63) is 132 Å². The second-order valence-electron chi connectivity index (χ2n) is 14.3. The molecule has 0 atom stereocenters. The second-order valence-corrected chi connectivity index (χ2v) is 14.3. The number of amides is 6. The fourth-order valence-electron chi connectivity index (χ4n) is 5.95. The van der Waals surface area contributed by atoms with E-state index in [1.54, 1.807) is 36.4 Å². The van der Waals surface area contributed by atoms with Crippen LogP contribution in [0.4, 0.5) is 88.9 Å². The number of aromatic amines is 2. The summed E-state index contributed by atoms with van der Waals surface area (Å²) in [6.07, 6.45) is -8.27. The largest absolute Gasteiger partial charge is 0.453 e. The van der Waals surface area contributed by atoms with Gasteiger partial charge in [0.25, 0.3) is 0 Å². The minimum Gasteiger partial charge on any atom is -0.453 e. The van der Waals surface area contributed by atoms with Gasteiger partial charge in [0.2, 0.25) is 23.7 Å². The highest BCUT2D eigenvalue weighted by molar-refractivity contribution is 6.00. The summed E-state index contributed by atoms with van der Waals surface area (Å²) in [5, 5.41) is 13.6. The fraction of sp³-hybridized carbons (Fsp3) is 0.0909. The number of nitrogens with zero attached hydrogens (tertiary/aromatic N) is 4. The van der Waals surface area contributed by atoms with Gasteiger partial charge in [0.15, 0.2) is 0 Å². The lowest BCUT2D eigenvalue weighted by Gasteiger charge is -2.12. The standard InChI is InChI=1S/2C22H16F4N6O4.2ClH/c2*1-35-21(34)32-19-29-15-6-4-13(9-17(15)30-19)36-18-7-3-12(10-27-18)28-20(33)31-16-8-11(22(24,25)26)2-5-14(16)23;;/h2*2-10H,1H3,(H2,28,31,33)(H2,29,30,32,34);2*1H. The number of nitrogens with one attached hydrogen (secondary N) is 8. The molecule has 6 amide bonds. The number of carbonyl (C=O) groups excluding carboxylic acids is 4. The summed E-state index contributed by atoms with van der Waals surface area (Å²) < 4.78 is 125. The van der Waals surface area contributed by atoms with Crippen LogP contribution in [0.15, 0.2) is 109 Å². The molecular formula is C44H34Cl2F8N12O8. The topological polar surface area (TPSA) is 261 Å². The molecule has 0 fully saturated rings. The van der Waals surface area contributed by atoms with Crippen LogP contribution >= 0.6 is 24.8 Å². The molecule has 8 aromatic rings. The Bertz CT molecular complexity index is 3080. The van der Waals surface area contributed by atoms with Gasteiger partial charge in [-0.05, 0) is 72.8 Å². The smallest absolute Gasteiger partial charge is 0.416 e. The highest BCUT2D eigenvalue weighted by Crippen LogP contribution is 2.34. The molecule has 0 unspecified atom stereocenters. The van der Waals surface area contributed by atoms with E-state index in [-0.39, 0.29) is 59.8 Å². The first-order chi connectivity index (χ1) is 34.2. The summed E-state index contributed by atoms with van der Waals surface area (Å²) in [7, 11) is 2.45. The van der Waals surface area contributed by atoms with Gasteiger partial charge in [0.1, 0.15) is 23.1 Å². The molecule has 0 saturated heterocycles. The van der Waals surface area contributed by atoms with Crippen molar-refractivity contribution in [2.24, 2.45) is 0 Å². The number of pyridine rings is 2. The Kier molecular flexibility index (Phi) is 17.9. The molecular weight excluding hydrogens is 1050 g/mol. The van der Waals surface area contributed by atoms with Crippen molar-refractivity contribution in [2.75, 3.05) is 46.1 Å². The number of aromatic nitrogens is 6. The molecule has 0 saturated carbocycles. The molecule has 0 aliphatic carbocycles. The van der Waals surface area contributed by atoms with Crippen LogP contribution < -0.4 is 41.4 Å². The summed E-state index contributed by atoms with van der Waals surface area (Å²) >= 11 is 0. The van der Waals surface area contributed by atoms with E-state index in [2.05, 4.69) is 60.6 Å². The molecule has 0 spiro atoms. The molecule has 388 valence electrons. The maximum absolute atomic E-state index is 13.8. The van der Waals surface area contributed by atoms with Crippen molar-refractivity contribution >= 4 is 106 Å². The van der Waals surface area contributed by atoms with Crippen molar-refractivity contribution in [2.45, 2.75) is 12.4 Å².